The van der Waals surface area contributed by atoms with Gasteiger partial charge >= 0.3 is 0 Å². The molecular formula is C16H17N5O. The van der Waals surface area contributed by atoms with Gasteiger partial charge in [0.1, 0.15) is 6.07 Å². The van der Waals surface area contributed by atoms with Gasteiger partial charge in [0.2, 0.25) is 0 Å². The highest BCUT2D eigenvalue weighted by atomic mass is 16.5. The number of rotatable bonds is 4. The minimum atomic E-state index is 0.293. The first kappa shape index (κ1) is 14.4. The number of aromatic nitrogens is 2. The molecule has 1 saturated heterocycles. The first-order chi connectivity index (χ1) is 10.8. The standard InChI is InChI=1S/C16H17N5O/c17-11-15-16(19-5-4-18-15)20-14-3-1-2-13(10-14)12-21-6-8-22-9-7-21/h1-5,10H,6-9,12H2,(H,19,20). The summed E-state index contributed by atoms with van der Waals surface area (Å²) in [5.41, 5.74) is 2.41. The normalized spacial score (nSPS) is 15.2. The van der Waals surface area contributed by atoms with Gasteiger partial charge in [0.15, 0.2) is 11.5 Å². The fourth-order valence-corrected chi connectivity index (χ4v) is 2.41. The summed E-state index contributed by atoms with van der Waals surface area (Å²) < 4.78 is 5.37. The molecule has 0 bridgehead atoms. The van der Waals surface area contributed by atoms with Crippen molar-refractivity contribution >= 4 is 11.5 Å². The maximum absolute atomic E-state index is 9.06. The number of nitrogens with one attached hydrogen (secondary N) is 1. The largest absolute Gasteiger partial charge is 0.379 e. The molecule has 6 nitrogen and oxygen atoms in total. The molecule has 0 spiro atoms. The van der Waals surface area contributed by atoms with Gasteiger partial charge in [-0.1, -0.05) is 12.1 Å². The average Bonchev–Trinajstić information content (AvgIpc) is 2.57. The molecule has 1 aliphatic rings. The first-order valence-corrected chi connectivity index (χ1v) is 7.22. The van der Waals surface area contributed by atoms with E-state index in [1.807, 2.05) is 18.2 Å². The van der Waals surface area contributed by atoms with Crippen LogP contribution in [-0.2, 0) is 11.3 Å². The van der Waals surface area contributed by atoms with Gasteiger partial charge in [-0.05, 0) is 17.7 Å². The maximum atomic E-state index is 9.06. The quantitative estimate of drug-likeness (QED) is 0.929. The Kier molecular flexibility index (Phi) is 4.59. The molecule has 22 heavy (non-hydrogen) atoms. The number of ether oxygens (including phenoxy) is 1. The van der Waals surface area contributed by atoms with Gasteiger partial charge in [0.05, 0.1) is 13.2 Å². The van der Waals surface area contributed by atoms with Crippen LogP contribution in [0.1, 0.15) is 11.3 Å². The molecular weight excluding hydrogens is 278 g/mol. The lowest BCUT2D eigenvalue weighted by Crippen LogP contribution is -2.35. The summed E-state index contributed by atoms with van der Waals surface area (Å²) in [7, 11) is 0. The van der Waals surface area contributed by atoms with E-state index in [0.717, 1.165) is 38.5 Å². The summed E-state index contributed by atoms with van der Waals surface area (Å²) in [5, 5.41) is 12.2. The molecule has 112 valence electrons. The Labute approximate surface area is 129 Å². The van der Waals surface area contributed by atoms with Crippen molar-refractivity contribution in [2.75, 3.05) is 31.6 Å². The van der Waals surface area contributed by atoms with Gasteiger partial charge in [-0.25, -0.2) is 9.97 Å². The first-order valence-electron chi connectivity index (χ1n) is 7.22. The molecule has 0 unspecified atom stereocenters. The highest BCUT2D eigenvalue weighted by Gasteiger charge is 2.11. The predicted molar refractivity (Wildman–Crippen MR) is 82.6 cm³/mol. The Hall–Kier alpha value is -2.49. The van der Waals surface area contributed by atoms with Crippen molar-refractivity contribution in [1.29, 1.82) is 5.26 Å². The number of hydrogen-bond acceptors (Lipinski definition) is 6. The summed E-state index contributed by atoms with van der Waals surface area (Å²) in [5.74, 6) is 0.480. The van der Waals surface area contributed by atoms with Crippen LogP contribution in [-0.4, -0.2) is 41.2 Å². The third-order valence-corrected chi connectivity index (χ3v) is 3.50. The highest BCUT2D eigenvalue weighted by molar-refractivity contribution is 5.61. The average molecular weight is 295 g/mol. The molecule has 3 rings (SSSR count). The molecule has 0 amide bonds. The highest BCUT2D eigenvalue weighted by Crippen LogP contribution is 2.18. The summed E-state index contributed by atoms with van der Waals surface area (Å²) in [4.78, 5) is 10.5. The molecule has 1 aliphatic heterocycles. The molecule has 0 aliphatic carbocycles. The Morgan fingerprint density at radius 1 is 1.23 bits per heavy atom. The van der Waals surface area contributed by atoms with Crippen LogP contribution in [0.15, 0.2) is 36.7 Å². The second kappa shape index (κ2) is 6.98. The van der Waals surface area contributed by atoms with E-state index in [0.29, 0.717) is 11.5 Å². The molecule has 1 aromatic heterocycles. The van der Waals surface area contributed by atoms with Crippen molar-refractivity contribution in [1.82, 2.24) is 14.9 Å². The van der Waals surface area contributed by atoms with Gasteiger partial charge in [-0.2, -0.15) is 5.26 Å². The Bertz CT molecular complexity index is 676. The lowest BCUT2D eigenvalue weighted by atomic mass is 10.2. The second-order valence-corrected chi connectivity index (χ2v) is 5.08. The Morgan fingerprint density at radius 3 is 2.86 bits per heavy atom. The molecule has 6 heteroatoms. The zero-order chi connectivity index (χ0) is 15.2. The van der Waals surface area contributed by atoms with Crippen molar-refractivity contribution in [3.05, 3.63) is 47.9 Å². The molecule has 1 fully saturated rings. The van der Waals surface area contributed by atoms with E-state index >= 15 is 0 Å². The van der Waals surface area contributed by atoms with Gasteiger partial charge in [0.25, 0.3) is 0 Å². The van der Waals surface area contributed by atoms with Crippen LogP contribution in [0, 0.1) is 11.3 Å². The Balaban J connectivity index is 1.72. The van der Waals surface area contributed by atoms with Crippen LogP contribution >= 0.6 is 0 Å². The van der Waals surface area contributed by atoms with E-state index in [2.05, 4.69) is 32.3 Å². The zero-order valence-corrected chi connectivity index (χ0v) is 12.2. The monoisotopic (exact) mass is 295 g/mol. The SMILES string of the molecule is N#Cc1nccnc1Nc1cccc(CN2CCOCC2)c1. The van der Waals surface area contributed by atoms with E-state index in [-0.39, 0.29) is 0 Å². The molecule has 2 heterocycles. The number of anilines is 2. The molecule has 1 N–H and O–H groups in total. The summed E-state index contributed by atoms with van der Waals surface area (Å²) in [6.07, 6.45) is 3.08. The molecule has 0 atom stereocenters. The Morgan fingerprint density at radius 2 is 2.05 bits per heavy atom. The van der Waals surface area contributed by atoms with Crippen molar-refractivity contribution in [3.63, 3.8) is 0 Å². The van der Waals surface area contributed by atoms with E-state index in [1.54, 1.807) is 6.20 Å². The van der Waals surface area contributed by atoms with Crippen molar-refractivity contribution in [2.24, 2.45) is 0 Å². The fraction of sp³-hybridized carbons (Fsp3) is 0.312. The van der Waals surface area contributed by atoms with Crippen molar-refractivity contribution in [2.45, 2.75) is 6.54 Å². The van der Waals surface area contributed by atoms with Crippen LogP contribution in [0.4, 0.5) is 11.5 Å². The minimum absolute atomic E-state index is 0.293. The number of nitrogens with zero attached hydrogens (tertiary/aromatic N) is 4. The third kappa shape index (κ3) is 3.58. The summed E-state index contributed by atoms with van der Waals surface area (Å²) in [6, 6.07) is 10.2. The summed E-state index contributed by atoms with van der Waals surface area (Å²) >= 11 is 0. The molecule has 2 aromatic rings. The van der Waals surface area contributed by atoms with Crippen LogP contribution in [0.2, 0.25) is 0 Å². The predicted octanol–water partition coefficient (Wildman–Crippen LogP) is 1.92. The van der Waals surface area contributed by atoms with E-state index in [4.69, 9.17) is 10.00 Å². The van der Waals surface area contributed by atoms with Gasteiger partial charge in [-0.15, -0.1) is 0 Å². The minimum Gasteiger partial charge on any atom is -0.379 e. The zero-order valence-electron chi connectivity index (χ0n) is 12.2. The lowest BCUT2D eigenvalue weighted by molar-refractivity contribution is 0.0342. The van der Waals surface area contributed by atoms with Gasteiger partial charge in [0, 0.05) is 37.7 Å². The molecule has 0 radical (unpaired) electrons. The maximum Gasteiger partial charge on any atom is 0.183 e. The topological polar surface area (TPSA) is 74.1 Å². The molecule has 1 aromatic carbocycles. The number of hydrogen-bond donors (Lipinski definition) is 1. The smallest absolute Gasteiger partial charge is 0.183 e. The van der Waals surface area contributed by atoms with Gasteiger partial charge in [-0.3, -0.25) is 4.90 Å². The second-order valence-electron chi connectivity index (χ2n) is 5.08. The molecule has 0 saturated carbocycles. The number of benzene rings is 1. The number of nitriles is 1. The summed E-state index contributed by atoms with van der Waals surface area (Å²) in [6.45, 7) is 4.40. The van der Waals surface area contributed by atoms with Gasteiger partial charge < -0.3 is 10.1 Å². The fourth-order valence-electron chi connectivity index (χ4n) is 2.41. The third-order valence-electron chi connectivity index (χ3n) is 3.50. The van der Waals surface area contributed by atoms with E-state index in [9.17, 15) is 0 Å². The van der Waals surface area contributed by atoms with Crippen LogP contribution in [0.5, 0.6) is 0 Å². The van der Waals surface area contributed by atoms with Crippen molar-refractivity contribution < 1.29 is 4.74 Å². The van der Waals surface area contributed by atoms with E-state index < -0.39 is 0 Å². The lowest BCUT2D eigenvalue weighted by Gasteiger charge is -2.26. The van der Waals surface area contributed by atoms with Crippen LogP contribution in [0.3, 0.4) is 0 Å². The number of morpholine rings is 1. The van der Waals surface area contributed by atoms with Crippen LogP contribution in [0.25, 0.3) is 0 Å². The van der Waals surface area contributed by atoms with E-state index in [1.165, 1.54) is 11.8 Å². The van der Waals surface area contributed by atoms with Crippen molar-refractivity contribution in [3.8, 4) is 6.07 Å². The van der Waals surface area contributed by atoms with Crippen LogP contribution < -0.4 is 5.32 Å².